The second-order valence-corrected chi connectivity index (χ2v) is 9.34. The Morgan fingerprint density at radius 3 is 2.56 bits per heavy atom. The van der Waals surface area contributed by atoms with Gasteiger partial charge in [-0.25, -0.2) is 0 Å². The van der Waals surface area contributed by atoms with E-state index in [0.717, 1.165) is 5.56 Å². The van der Waals surface area contributed by atoms with Crippen LogP contribution in [0, 0.1) is 0 Å². The molecule has 4 heterocycles. The van der Waals surface area contributed by atoms with Gasteiger partial charge in [-0.1, -0.05) is 39.8 Å². The Morgan fingerprint density at radius 1 is 1.11 bits per heavy atom. The Labute approximate surface area is 214 Å². The monoisotopic (exact) mass is 497 g/mol. The van der Waals surface area contributed by atoms with Gasteiger partial charge in [-0.2, -0.15) is 0 Å². The molecule has 1 fully saturated rings. The lowest BCUT2D eigenvalue weighted by Gasteiger charge is -2.31. The number of benzene rings is 1. The van der Waals surface area contributed by atoms with Gasteiger partial charge in [0.15, 0.2) is 11.5 Å². The highest BCUT2D eigenvalue weighted by molar-refractivity contribution is 6.05. The van der Waals surface area contributed by atoms with E-state index in [1.165, 1.54) is 6.08 Å². The average molecular weight is 498 g/mol. The summed E-state index contributed by atoms with van der Waals surface area (Å²) in [4.78, 5) is 41.7. The Kier molecular flexibility index (Phi) is 8.48. The van der Waals surface area contributed by atoms with Gasteiger partial charge in [-0.05, 0) is 56.9 Å². The molecule has 0 aromatic heterocycles. The minimum Gasteiger partial charge on any atom is -0.480 e. The number of carbonyl (C=O) groups is 3. The zero-order chi connectivity index (χ0) is 26.6. The zero-order valence-corrected chi connectivity index (χ0v) is 22.5. The van der Waals surface area contributed by atoms with Gasteiger partial charge in [-0.3, -0.25) is 14.4 Å². The Hall–Kier alpha value is -3.29. The number of nitrogens with one attached hydrogen (secondary N) is 1. The first-order chi connectivity index (χ1) is 17.2. The van der Waals surface area contributed by atoms with Crippen LogP contribution in [0.2, 0.25) is 0 Å². The SMILES string of the molecule is CC.CC.CN1C(=O)C2CC=CC(=O)N2CCC1CC1C(=O)Nc2c1ccc1c2OC=CC(C)(C)O1. The minimum absolute atomic E-state index is 0.0742. The number of likely N-dealkylation sites (N-methyl/N-ethyl adjacent to an activating group) is 1. The summed E-state index contributed by atoms with van der Waals surface area (Å²) in [7, 11) is 1.77. The Morgan fingerprint density at radius 2 is 1.83 bits per heavy atom. The van der Waals surface area contributed by atoms with Crippen molar-refractivity contribution < 1.29 is 23.9 Å². The predicted octanol–water partition coefficient (Wildman–Crippen LogP) is 4.62. The molecule has 1 N–H and O–H groups in total. The average Bonchev–Trinajstić information content (AvgIpc) is 3.00. The minimum atomic E-state index is -0.524. The van der Waals surface area contributed by atoms with Crippen LogP contribution in [0.1, 0.15) is 72.3 Å². The zero-order valence-electron chi connectivity index (χ0n) is 22.5. The summed E-state index contributed by atoms with van der Waals surface area (Å²) in [5.74, 6) is 0.343. The largest absolute Gasteiger partial charge is 0.480 e. The van der Waals surface area contributed by atoms with Crippen molar-refractivity contribution in [3.05, 3.63) is 42.2 Å². The maximum Gasteiger partial charge on any atom is 0.246 e. The second kappa shape index (κ2) is 11.2. The van der Waals surface area contributed by atoms with E-state index in [9.17, 15) is 14.4 Å². The molecule has 1 saturated heterocycles. The molecular weight excluding hydrogens is 458 g/mol. The van der Waals surface area contributed by atoms with Crippen LogP contribution in [0.4, 0.5) is 5.69 Å². The van der Waals surface area contributed by atoms with E-state index in [1.54, 1.807) is 29.2 Å². The molecule has 8 heteroatoms. The van der Waals surface area contributed by atoms with Gasteiger partial charge >= 0.3 is 0 Å². The molecule has 4 aliphatic heterocycles. The molecule has 0 saturated carbocycles. The summed E-state index contributed by atoms with van der Waals surface area (Å²) in [6, 6.07) is 3.13. The van der Waals surface area contributed by atoms with Crippen molar-refractivity contribution in [2.45, 2.75) is 84.4 Å². The van der Waals surface area contributed by atoms with Gasteiger partial charge < -0.3 is 24.6 Å². The fourth-order valence-corrected chi connectivity index (χ4v) is 4.98. The number of rotatable bonds is 2. The third-order valence-corrected chi connectivity index (χ3v) is 6.79. The number of amides is 3. The molecular formula is C28H39N3O5. The van der Waals surface area contributed by atoms with E-state index in [2.05, 4.69) is 5.32 Å². The second-order valence-electron chi connectivity index (χ2n) is 9.34. The lowest BCUT2D eigenvalue weighted by Crippen LogP contribution is -2.49. The first-order valence-electron chi connectivity index (χ1n) is 13.0. The van der Waals surface area contributed by atoms with E-state index in [0.29, 0.717) is 43.0 Å². The van der Waals surface area contributed by atoms with Crippen molar-refractivity contribution in [1.29, 1.82) is 0 Å². The highest BCUT2D eigenvalue weighted by Crippen LogP contribution is 2.48. The first-order valence-corrected chi connectivity index (χ1v) is 13.0. The number of anilines is 1. The van der Waals surface area contributed by atoms with E-state index >= 15 is 0 Å². The summed E-state index contributed by atoms with van der Waals surface area (Å²) in [6.45, 7) is 12.4. The van der Waals surface area contributed by atoms with Crippen molar-refractivity contribution in [3.63, 3.8) is 0 Å². The van der Waals surface area contributed by atoms with E-state index in [1.807, 2.05) is 59.8 Å². The third-order valence-electron chi connectivity index (χ3n) is 6.79. The van der Waals surface area contributed by atoms with Gasteiger partial charge in [0.25, 0.3) is 0 Å². The van der Waals surface area contributed by atoms with E-state index in [4.69, 9.17) is 9.47 Å². The topological polar surface area (TPSA) is 88.2 Å². The summed E-state index contributed by atoms with van der Waals surface area (Å²) in [6.07, 6.45) is 8.34. The normalized spacial score (nSPS) is 25.3. The van der Waals surface area contributed by atoms with Crippen molar-refractivity contribution in [3.8, 4) is 11.5 Å². The molecule has 36 heavy (non-hydrogen) atoms. The van der Waals surface area contributed by atoms with Crippen LogP contribution < -0.4 is 14.8 Å². The summed E-state index contributed by atoms with van der Waals surface area (Å²) in [5, 5.41) is 2.96. The molecule has 1 aromatic carbocycles. The summed E-state index contributed by atoms with van der Waals surface area (Å²) >= 11 is 0. The highest BCUT2D eigenvalue weighted by atomic mass is 16.5. The fraction of sp³-hybridized carbons (Fsp3) is 0.536. The molecule has 5 rings (SSSR count). The molecule has 1 aromatic rings. The van der Waals surface area contributed by atoms with Crippen molar-refractivity contribution in [2.24, 2.45) is 0 Å². The molecule has 3 unspecified atom stereocenters. The summed E-state index contributed by atoms with van der Waals surface area (Å²) < 4.78 is 11.9. The van der Waals surface area contributed by atoms with Gasteiger partial charge in [0.05, 0.1) is 17.9 Å². The molecule has 0 spiro atoms. The third kappa shape index (κ3) is 5.13. The Bertz CT molecular complexity index is 1060. The van der Waals surface area contributed by atoms with Crippen molar-refractivity contribution in [2.75, 3.05) is 18.9 Å². The maximum absolute atomic E-state index is 13.1. The van der Waals surface area contributed by atoms with Gasteiger partial charge in [0, 0.05) is 19.6 Å². The fourth-order valence-electron chi connectivity index (χ4n) is 4.98. The molecule has 0 bridgehead atoms. The molecule has 3 amide bonds. The molecule has 4 aliphatic rings. The van der Waals surface area contributed by atoms with E-state index in [-0.39, 0.29) is 23.8 Å². The number of nitrogens with zero attached hydrogens (tertiary/aromatic N) is 2. The van der Waals surface area contributed by atoms with Crippen LogP contribution >= 0.6 is 0 Å². The van der Waals surface area contributed by atoms with Crippen LogP contribution in [0.15, 0.2) is 36.6 Å². The van der Waals surface area contributed by atoms with Crippen LogP contribution in [0.3, 0.4) is 0 Å². The molecule has 0 radical (unpaired) electrons. The highest BCUT2D eigenvalue weighted by Gasteiger charge is 2.42. The number of carbonyl (C=O) groups excluding carboxylic acids is 3. The van der Waals surface area contributed by atoms with E-state index < -0.39 is 17.6 Å². The lowest BCUT2D eigenvalue weighted by molar-refractivity contribution is -0.142. The van der Waals surface area contributed by atoms with Crippen LogP contribution in [0.5, 0.6) is 11.5 Å². The molecule has 8 nitrogen and oxygen atoms in total. The quantitative estimate of drug-likeness (QED) is 0.644. The standard InChI is InChI=1S/C24H27N3O5.2C2H6/c1-24(2)10-12-31-21-18(32-24)8-7-15-16(22(29)25-20(15)21)13-14-9-11-27-17(23(30)26(14)3)5-4-6-19(27)28;2*1-2/h4,6-8,10,12,14,16-17H,5,9,11,13H2,1-3H3,(H,25,29);2*1-2H3. The van der Waals surface area contributed by atoms with Crippen LogP contribution in [0.25, 0.3) is 0 Å². The van der Waals surface area contributed by atoms with Crippen LogP contribution in [-0.4, -0.2) is 58.8 Å². The molecule has 0 aliphatic carbocycles. The smallest absolute Gasteiger partial charge is 0.246 e. The number of hydrogen-bond donors (Lipinski definition) is 1. The Balaban J connectivity index is 0.000000861. The number of ether oxygens (including phenoxy) is 2. The van der Waals surface area contributed by atoms with Gasteiger partial charge in [-0.15, -0.1) is 0 Å². The molecule has 3 atom stereocenters. The van der Waals surface area contributed by atoms with Gasteiger partial charge in [0.1, 0.15) is 11.6 Å². The summed E-state index contributed by atoms with van der Waals surface area (Å²) in [5.41, 5.74) is 0.939. The lowest BCUT2D eigenvalue weighted by atomic mass is 9.91. The van der Waals surface area contributed by atoms with Crippen LogP contribution in [-0.2, 0) is 14.4 Å². The van der Waals surface area contributed by atoms with Gasteiger partial charge in [0.2, 0.25) is 17.7 Å². The molecule has 196 valence electrons. The number of fused-ring (bicyclic) bond motifs is 4. The van der Waals surface area contributed by atoms with Crippen molar-refractivity contribution in [1.82, 2.24) is 9.80 Å². The maximum atomic E-state index is 13.1. The predicted molar refractivity (Wildman–Crippen MR) is 140 cm³/mol. The number of hydrogen-bond acceptors (Lipinski definition) is 5. The first kappa shape index (κ1) is 27.3. The van der Waals surface area contributed by atoms with Crippen molar-refractivity contribution >= 4 is 23.4 Å².